The fourth-order valence-electron chi connectivity index (χ4n) is 11.8. The molecule has 0 amide bonds. The smallest absolute Gasteiger partial charge is 0.305 e. The molecule has 6 fully saturated rings. The first kappa shape index (κ1) is 35.1. The van der Waals surface area contributed by atoms with E-state index in [1.54, 1.807) is 0 Å². The molecule has 1 aliphatic heterocycles. The van der Waals surface area contributed by atoms with Gasteiger partial charge in [-0.15, -0.1) is 0 Å². The Morgan fingerprint density at radius 2 is 1.51 bits per heavy atom. The van der Waals surface area contributed by atoms with Gasteiger partial charge in [0.15, 0.2) is 0 Å². The highest BCUT2D eigenvalue weighted by atomic mass is 17.4. The Balaban J connectivity index is 1.28. The van der Waals surface area contributed by atoms with Crippen molar-refractivity contribution in [2.45, 2.75) is 149 Å². The van der Waals surface area contributed by atoms with Gasteiger partial charge in [-0.1, -0.05) is 41.0 Å². The van der Waals surface area contributed by atoms with E-state index in [4.69, 9.17) is 33.8 Å². The summed E-state index contributed by atoms with van der Waals surface area (Å²) in [7, 11) is 1.43. The molecule has 10 heteroatoms. The summed E-state index contributed by atoms with van der Waals surface area (Å²) < 4.78 is 17.5. The van der Waals surface area contributed by atoms with Crippen LogP contribution in [0.1, 0.15) is 126 Å². The lowest BCUT2D eigenvalue weighted by molar-refractivity contribution is -0.677. The van der Waals surface area contributed by atoms with Crippen molar-refractivity contribution in [3.05, 3.63) is 0 Å². The van der Waals surface area contributed by atoms with Gasteiger partial charge in [0.2, 0.25) is 11.6 Å². The van der Waals surface area contributed by atoms with Crippen LogP contribution in [0.5, 0.6) is 0 Å². The van der Waals surface area contributed by atoms with E-state index in [0.29, 0.717) is 32.1 Å². The van der Waals surface area contributed by atoms with Crippen LogP contribution in [-0.2, 0) is 48.1 Å². The second kappa shape index (κ2) is 12.9. The van der Waals surface area contributed by atoms with Crippen LogP contribution < -0.4 is 0 Å². The maximum Gasteiger partial charge on any atom is 0.305 e. The van der Waals surface area contributed by atoms with Crippen molar-refractivity contribution in [2.75, 3.05) is 7.11 Å². The van der Waals surface area contributed by atoms with E-state index < -0.39 is 11.6 Å². The van der Waals surface area contributed by atoms with Gasteiger partial charge < -0.3 is 14.2 Å². The molecule has 0 aromatic heterocycles. The van der Waals surface area contributed by atoms with Crippen LogP contribution in [-0.4, -0.2) is 48.8 Å². The van der Waals surface area contributed by atoms with Crippen LogP contribution in [0.15, 0.2) is 0 Å². The summed E-state index contributed by atoms with van der Waals surface area (Å²) in [6, 6.07) is 0. The molecule has 0 bridgehead atoms. The van der Waals surface area contributed by atoms with E-state index >= 15 is 0 Å². The van der Waals surface area contributed by atoms with Crippen LogP contribution >= 0.6 is 0 Å². The maximum absolute atomic E-state index is 12.7. The third kappa shape index (κ3) is 5.84. The number of fused-ring (bicyclic) bond motifs is 5. The van der Waals surface area contributed by atoms with E-state index in [0.717, 1.165) is 44.9 Å². The maximum atomic E-state index is 12.7. The summed E-state index contributed by atoms with van der Waals surface area (Å²) in [5.74, 6) is -1.24. The van der Waals surface area contributed by atoms with Crippen LogP contribution in [0, 0.1) is 58.2 Å². The lowest BCUT2D eigenvalue weighted by Crippen LogP contribution is -2.66. The molecule has 0 aromatic carbocycles. The van der Waals surface area contributed by atoms with Crippen molar-refractivity contribution in [2.24, 2.45) is 58.2 Å². The molecular formula is C37H58O10. The lowest BCUT2D eigenvalue weighted by atomic mass is 9.42. The van der Waals surface area contributed by atoms with Gasteiger partial charge in [0.05, 0.1) is 7.11 Å². The number of carbonyl (C=O) groups excluding carboxylic acids is 3. The fourth-order valence-corrected chi connectivity index (χ4v) is 11.8. The summed E-state index contributed by atoms with van der Waals surface area (Å²) in [5.41, 5.74) is -0.424. The molecule has 10 nitrogen and oxygen atoms in total. The van der Waals surface area contributed by atoms with Crippen LogP contribution in [0.4, 0.5) is 0 Å². The third-order valence-electron chi connectivity index (χ3n) is 14.4. The van der Waals surface area contributed by atoms with E-state index in [9.17, 15) is 14.4 Å². The van der Waals surface area contributed by atoms with Crippen LogP contribution in [0.25, 0.3) is 0 Å². The van der Waals surface area contributed by atoms with E-state index in [-0.39, 0.29) is 88.3 Å². The molecule has 1 saturated heterocycles. The van der Waals surface area contributed by atoms with Crippen molar-refractivity contribution >= 4 is 17.9 Å². The Hall–Kier alpha value is -1.75. The summed E-state index contributed by atoms with van der Waals surface area (Å²) in [6.45, 7) is 14.2. The van der Waals surface area contributed by atoms with Crippen LogP contribution in [0.2, 0.25) is 0 Å². The minimum absolute atomic E-state index is 0.114. The summed E-state index contributed by atoms with van der Waals surface area (Å²) in [4.78, 5) is 62.4. The first-order valence-corrected chi connectivity index (χ1v) is 18.3. The second-order valence-electron chi connectivity index (χ2n) is 16.8. The normalized spacial score (nSPS) is 48.1. The lowest BCUT2D eigenvalue weighted by Gasteiger charge is -2.65. The van der Waals surface area contributed by atoms with Gasteiger partial charge in [0.25, 0.3) is 0 Å². The Kier molecular flexibility index (Phi) is 9.60. The number of methoxy groups -OCH3 is 1. The Morgan fingerprint density at radius 1 is 0.851 bits per heavy atom. The van der Waals surface area contributed by atoms with Crippen molar-refractivity contribution in [1.29, 1.82) is 0 Å². The largest absolute Gasteiger partial charge is 0.469 e. The van der Waals surface area contributed by atoms with E-state index in [1.807, 2.05) is 0 Å². The van der Waals surface area contributed by atoms with Gasteiger partial charge in [-0.05, 0) is 86.4 Å². The highest BCUT2D eigenvalue weighted by Crippen LogP contribution is 2.70. The number of esters is 3. The summed E-state index contributed by atoms with van der Waals surface area (Å²) in [5, 5.41) is 0. The first-order valence-electron chi connectivity index (χ1n) is 18.3. The second-order valence-corrected chi connectivity index (χ2v) is 16.8. The number of carbonyl (C=O) groups is 3. The van der Waals surface area contributed by atoms with Gasteiger partial charge in [-0.2, -0.15) is 19.6 Å². The monoisotopic (exact) mass is 662 g/mol. The Bertz CT molecular complexity index is 1180. The van der Waals surface area contributed by atoms with Gasteiger partial charge in [0.1, 0.15) is 12.2 Å². The quantitative estimate of drug-likeness (QED) is 0.166. The molecule has 12 atom stereocenters. The SMILES string of the molecule is COC(=O)CCC(C)C1CC[C@H]2[C@@H]3[C@H](OC(C)=O)C[C@@H]4CC5(CC[C@]4(C)[C@H]3C[C@H](OC(C)=O)[C@]12C)OOC1(OO5)C(C)CCCC1C. The molecule has 1 heterocycles. The average molecular weight is 663 g/mol. The Labute approximate surface area is 280 Å². The highest BCUT2D eigenvalue weighted by molar-refractivity contribution is 5.69. The summed E-state index contributed by atoms with van der Waals surface area (Å²) >= 11 is 0. The number of hydrogen-bond donors (Lipinski definition) is 0. The van der Waals surface area contributed by atoms with Gasteiger partial charge in [-0.3, -0.25) is 14.4 Å². The van der Waals surface area contributed by atoms with Gasteiger partial charge in [0, 0.05) is 56.3 Å². The zero-order valence-electron chi connectivity index (χ0n) is 29.8. The molecule has 47 heavy (non-hydrogen) atoms. The Morgan fingerprint density at radius 3 is 2.13 bits per heavy atom. The summed E-state index contributed by atoms with van der Waals surface area (Å²) in [6.07, 6.45) is 9.04. The van der Waals surface area contributed by atoms with Crippen molar-refractivity contribution in [3.8, 4) is 0 Å². The number of rotatable bonds is 6. The minimum Gasteiger partial charge on any atom is -0.469 e. The standard InChI is InChI=1S/C37H58O10/c1-21(12-15-32(40)41-8)27-13-14-28-33-29(19-31(35(27,28)7)43-25(5)39)34(6)16-17-36(20-26(34)18-30(33)42-24(4)38)44-46-37(47-45-36)22(2)10-9-11-23(37)3/h21-23,26-31,33H,9-20H2,1-8H3/t21?,22?,23?,26-,27?,28+,29+,30-,31+,33+,34+,35-,36?,37?/m1/s1. The van der Waals surface area contributed by atoms with Crippen molar-refractivity contribution in [3.63, 3.8) is 0 Å². The predicted molar refractivity (Wildman–Crippen MR) is 169 cm³/mol. The molecule has 4 unspecified atom stereocenters. The third-order valence-corrected chi connectivity index (χ3v) is 14.4. The van der Waals surface area contributed by atoms with E-state index in [1.165, 1.54) is 21.0 Å². The first-order chi connectivity index (χ1) is 22.2. The molecular weight excluding hydrogens is 604 g/mol. The predicted octanol–water partition coefficient (Wildman–Crippen LogP) is 7.08. The van der Waals surface area contributed by atoms with Crippen molar-refractivity contribution in [1.82, 2.24) is 0 Å². The van der Waals surface area contributed by atoms with Gasteiger partial charge >= 0.3 is 17.9 Å². The number of hydrogen-bond acceptors (Lipinski definition) is 10. The highest BCUT2D eigenvalue weighted by Gasteiger charge is 2.69. The topological polar surface area (TPSA) is 116 Å². The molecule has 5 aliphatic carbocycles. The molecule has 6 rings (SSSR count). The zero-order chi connectivity index (χ0) is 33.9. The molecule has 266 valence electrons. The average Bonchev–Trinajstić information content (AvgIpc) is 3.38. The fraction of sp³-hybridized carbons (Fsp3) is 0.919. The molecule has 0 aromatic rings. The molecule has 2 spiro atoms. The number of ether oxygens (including phenoxy) is 3. The molecule has 5 saturated carbocycles. The molecule has 6 aliphatic rings. The zero-order valence-corrected chi connectivity index (χ0v) is 29.8. The molecule has 0 N–H and O–H groups in total. The van der Waals surface area contributed by atoms with E-state index in [2.05, 4.69) is 34.6 Å². The van der Waals surface area contributed by atoms with Crippen LogP contribution in [0.3, 0.4) is 0 Å². The molecule has 0 radical (unpaired) electrons. The van der Waals surface area contributed by atoms with Gasteiger partial charge in [-0.25, -0.2) is 0 Å². The van der Waals surface area contributed by atoms with Crippen molar-refractivity contribution < 1.29 is 48.1 Å². The minimum atomic E-state index is -1.02.